The summed E-state index contributed by atoms with van der Waals surface area (Å²) in [7, 11) is 0. The second-order valence-corrected chi connectivity index (χ2v) is 10.5. The minimum Gasteiger partial charge on any atom is -0.444 e. The van der Waals surface area contributed by atoms with E-state index in [9.17, 15) is 0 Å². The lowest BCUT2D eigenvalue weighted by Gasteiger charge is -2.26. The van der Waals surface area contributed by atoms with Crippen LogP contribution in [-0.4, -0.2) is 58.6 Å². The largest absolute Gasteiger partial charge is 0.444 e. The van der Waals surface area contributed by atoms with Gasteiger partial charge in [-0.25, -0.2) is 9.97 Å². The highest BCUT2D eigenvalue weighted by atomic mass is 16.7. The van der Waals surface area contributed by atoms with Gasteiger partial charge in [0.15, 0.2) is 6.29 Å². The van der Waals surface area contributed by atoms with E-state index in [1.54, 1.807) is 12.5 Å². The van der Waals surface area contributed by atoms with Gasteiger partial charge in [0.25, 0.3) is 0 Å². The number of oxazole rings is 1. The summed E-state index contributed by atoms with van der Waals surface area (Å²) in [5.74, 6) is 7.96. The van der Waals surface area contributed by atoms with Gasteiger partial charge in [-0.1, -0.05) is 24.0 Å². The fourth-order valence-corrected chi connectivity index (χ4v) is 5.16. The van der Waals surface area contributed by atoms with Crippen LogP contribution < -0.4 is 0 Å². The monoisotopic (exact) mass is 552 g/mol. The van der Waals surface area contributed by atoms with Gasteiger partial charge in [-0.3, -0.25) is 4.90 Å². The maximum absolute atomic E-state index is 6.12. The summed E-state index contributed by atoms with van der Waals surface area (Å²) in [6.07, 6.45) is 8.23. The van der Waals surface area contributed by atoms with E-state index in [0.717, 1.165) is 86.9 Å². The number of ether oxygens (including phenoxy) is 3. The predicted molar refractivity (Wildman–Crippen MR) is 155 cm³/mol. The first-order chi connectivity index (χ1) is 20.2. The molecule has 8 heteroatoms. The van der Waals surface area contributed by atoms with Crippen molar-refractivity contribution >= 4 is 0 Å². The van der Waals surface area contributed by atoms with Gasteiger partial charge in [0.2, 0.25) is 5.89 Å². The van der Waals surface area contributed by atoms with Crippen molar-refractivity contribution in [2.75, 3.05) is 32.9 Å². The predicted octanol–water partition coefficient (Wildman–Crippen LogP) is 5.42. The molecule has 0 spiro atoms. The number of imidazole rings is 1. The third kappa shape index (κ3) is 7.32. The number of aromatic nitrogens is 3. The molecule has 41 heavy (non-hydrogen) atoms. The fourth-order valence-electron chi connectivity index (χ4n) is 5.16. The summed E-state index contributed by atoms with van der Waals surface area (Å²) in [6, 6.07) is 16.5. The van der Waals surface area contributed by atoms with Crippen LogP contribution in [0.1, 0.15) is 60.5 Å². The van der Waals surface area contributed by atoms with Crippen LogP contribution in [0.4, 0.5) is 0 Å². The Labute approximate surface area is 241 Å². The van der Waals surface area contributed by atoms with E-state index in [1.165, 1.54) is 5.56 Å². The van der Waals surface area contributed by atoms with Gasteiger partial charge in [0, 0.05) is 55.3 Å². The summed E-state index contributed by atoms with van der Waals surface area (Å²) >= 11 is 0. The average Bonchev–Trinajstić information content (AvgIpc) is 3.68. The van der Waals surface area contributed by atoms with Crippen molar-refractivity contribution in [3.63, 3.8) is 0 Å². The third-order valence-electron chi connectivity index (χ3n) is 7.44. The highest BCUT2D eigenvalue weighted by Gasteiger charge is 2.21. The summed E-state index contributed by atoms with van der Waals surface area (Å²) in [5, 5.41) is 0. The number of morpholine rings is 1. The Morgan fingerprint density at radius 1 is 0.951 bits per heavy atom. The molecular formula is C33H36N4O4. The second kappa shape index (κ2) is 13.3. The van der Waals surface area contributed by atoms with Crippen LogP contribution in [0.25, 0.3) is 11.5 Å². The maximum Gasteiger partial charge on any atom is 0.226 e. The van der Waals surface area contributed by atoms with E-state index in [1.807, 2.05) is 42.0 Å². The van der Waals surface area contributed by atoms with Gasteiger partial charge in [-0.2, -0.15) is 0 Å². The Bertz CT molecular complexity index is 1450. The molecule has 4 heterocycles. The lowest BCUT2D eigenvalue weighted by Crippen LogP contribution is -2.35. The van der Waals surface area contributed by atoms with E-state index in [2.05, 4.69) is 46.0 Å². The molecule has 0 aliphatic carbocycles. The molecule has 2 aliphatic rings. The standard InChI is InChI=1S/C33H36N4O4/c1-25(41-31-4-2-3-19-39-31)32-34-15-16-37(32)23-30-24-40-33(35-30)29-13-11-27(12-14-29)6-5-26-7-9-28(10-8-26)22-36-17-20-38-21-18-36/h7-16,24-25,31H,2-4,17-23H2,1H3/t25-,31?/m0/s1. The molecule has 0 bridgehead atoms. The summed E-state index contributed by atoms with van der Waals surface area (Å²) in [5.41, 5.74) is 4.97. The number of hydrogen-bond acceptors (Lipinski definition) is 7. The average molecular weight is 553 g/mol. The van der Waals surface area contributed by atoms with E-state index < -0.39 is 0 Å². The molecule has 2 fully saturated rings. The van der Waals surface area contributed by atoms with Crippen LogP contribution in [0.15, 0.2) is 71.6 Å². The van der Waals surface area contributed by atoms with Gasteiger partial charge < -0.3 is 23.2 Å². The Morgan fingerprint density at radius 3 is 2.44 bits per heavy atom. The van der Waals surface area contributed by atoms with Gasteiger partial charge in [-0.05, 0) is 68.1 Å². The van der Waals surface area contributed by atoms with Gasteiger partial charge in [-0.15, -0.1) is 0 Å². The smallest absolute Gasteiger partial charge is 0.226 e. The summed E-state index contributed by atoms with van der Waals surface area (Å²) < 4.78 is 25.1. The molecule has 4 aromatic rings. The molecule has 8 nitrogen and oxygen atoms in total. The Hall–Kier alpha value is -3.74. The van der Waals surface area contributed by atoms with Crippen molar-refractivity contribution in [1.82, 2.24) is 19.4 Å². The molecule has 2 aromatic carbocycles. The van der Waals surface area contributed by atoms with Gasteiger partial charge >= 0.3 is 0 Å². The number of hydrogen-bond donors (Lipinski definition) is 0. The molecule has 2 saturated heterocycles. The molecule has 2 aromatic heterocycles. The fraction of sp³-hybridized carbons (Fsp3) is 0.394. The van der Waals surface area contributed by atoms with Crippen LogP contribution in [-0.2, 0) is 27.3 Å². The van der Waals surface area contributed by atoms with Crippen molar-refractivity contribution in [1.29, 1.82) is 0 Å². The zero-order valence-corrected chi connectivity index (χ0v) is 23.5. The van der Waals surface area contributed by atoms with E-state index in [-0.39, 0.29) is 12.4 Å². The maximum atomic E-state index is 6.12. The summed E-state index contributed by atoms with van der Waals surface area (Å²) in [6.45, 7) is 7.88. The molecular weight excluding hydrogens is 516 g/mol. The summed E-state index contributed by atoms with van der Waals surface area (Å²) in [4.78, 5) is 11.7. The van der Waals surface area contributed by atoms with Crippen molar-refractivity contribution in [2.45, 2.75) is 51.7 Å². The molecule has 2 atom stereocenters. The first-order valence-corrected chi connectivity index (χ1v) is 14.4. The number of benzene rings is 2. The molecule has 0 saturated carbocycles. The van der Waals surface area contributed by atoms with Crippen molar-refractivity contribution in [2.24, 2.45) is 0 Å². The van der Waals surface area contributed by atoms with Crippen molar-refractivity contribution in [3.8, 4) is 23.3 Å². The van der Waals surface area contributed by atoms with Crippen LogP contribution in [0.3, 0.4) is 0 Å². The van der Waals surface area contributed by atoms with Crippen molar-refractivity contribution < 1.29 is 18.6 Å². The Morgan fingerprint density at radius 2 is 1.71 bits per heavy atom. The van der Waals surface area contributed by atoms with E-state index >= 15 is 0 Å². The minimum absolute atomic E-state index is 0.165. The van der Waals surface area contributed by atoms with Crippen molar-refractivity contribution in [3.05, 3.63) is 95.4 Å². The molecule has 0 amide bonds. The Balaban J connectivity index is 1.05. The SMILES string of the molecule is C[C@H](OC1CCCCO1)c1nccn1Cc1coc(-c2ccc(C#Cc3ccc(CN4CCOCC4)cc3)cc2)n1. The topological polar surface area (TPSA) is 74.8 Å². The normalized spacial score (nSPS) is 18.5. The highest BCUT2D eigenvalue weighted by Crippen LogP contribution is 2.24. The first-order valence-electron chi connectivity index (χ1n) is 14.4. The zero-order chi connectivity index (χ0) is 27.9. The van der Waals surface area contributed by atoms with Crippen LogP contribution in [0, 0.1) is 11.8 Å². The quantitative estimate of drug-likeness (QED) is 0.270. The van der Waals surface area contributed by atoms with Crippen LogP contribution in [0.5, 0.6) is 0 Å². The van der Waals surface area contributed by atoms with E-state index in [4.69, 9.17) is 23.6 Å². The second-order valence-electron chi connectivity index (χ2n) is 10.5. The number of rotatable bonds is 8. The minimum atomic E-state index is -0.179. The molecule has 6 rings (SSSR count). The van der Waals surface area contributed by atoms with Gasteiger partial charge in [0.05, 0.1) is 25.5 Å². The van der Waals surface area contributed by atoms with Crippen LogP contribution in [0.2, 0.25) is 0 Å². The molecule has 212 valence electrons. The Kier molecular flexibility index (Phi) is 8.89. The number of nitrogens with zero attached hydrogens (tertiary/aromatic N) is 4. The molecule has 0 N–H and O–H groups in total. The zero-order valence-electron chi connectivity index (χ0n) is 23.5. The van der Waals surface area contributed by atoms with Crippen LogP contribution >= 0.6 is 0 Å². The lowest BCUT2D eigenvalue weighted by molar-refractivity contribution is -0.188. The first kappa shape index (κ1) is 27.4. The van der Waals surface area contributed by atoms with Gasteiger partial charge in [0.1, 0.15) is 18.2 Å². The highest BCUT2D eigenvalue weighted by molar-refractivity contribution is 5.56. The van der Waals surface area contributed by atoms with E-state index in [0.29, 0.717) is 12.4 Å². The third-order valence-corrected chi connectivity index (χ3v) is 7.44. The molecule has 0 radical (unpaired) electrons. The molecule has 1 unspecified atom stereocenters. The lowest BCUT2D eigenvalue weighted by atomic mass is 10.1. The molecule has 2 aliphatic heterocycles.